The molecule has 0 saturated carbocycles. The van der Waals surface area contributed by atoms with Crippen molar-refractivity contribution in [3.8, 4) is 0 Å². The van der Waals surface area contributed by atoms with Gasteiger partial charge in [-0.25, -0.2) is 4.79 Å². The van der Waals surface area contributed by atoms with Crippen molar-refractivity contribution in [1.29, 1.82) is 0 Å². The first-order valence-corrected chi connectivity index (χ1v) is 11.1. The van der Waals surface area contributed by atoms with Crippen LogP contribution >= 0.6 is 0 Å². The molecule has 35 heavy (non-hydrogen) atoms. The third-order valence-corrected chi connectivity index (χ3v) is 5.19. The molecule has 15 heteroatoms. The molecule has 0 heterocycles. The third-order valence-electron chi connectivity index (χ3n) is 5.19. The molecular weight excluding hydrogens is 466 g/mol. The maximum atomic E-state index is 12.7. The third kappa shape index (κ3) is 12.0. The number of hydrogen-bond donors (Lipinski definition) is 9. The fourth-order valence-electron chi connectivity index (χ4n) is 2.85. The largest absolute Gasteiger partial charge is 0.481 e. The monoisotopic (exact) mass is 503 g/mol. The zero-order valence-corrected chi connectivity index (χ0v) is 20.1. The van der Waals surface area contributed by atoms with Crippen LogP contribution in [0.4, 0.5) is 0 Å². The summed E-state index contributed by atoms with van der Waals surface area (Å²) in [6, 6.07) is -5.62. The Morgan fingerprint density at radius 3 is 1.94 bits per heavy atom. The summed E-state index contributed by atoms with van der Waals surface area (Å²) in [6.45, 7) is 4.80. The Bertz CT molecular complexity index is 785. The van der Waals surface area contributed by atoms with Crippen LogP contribution in [0.1, 0.15) is 46.5 Å². The molecule has 0 aromatic rings. The molecule has 0 saturated heterocycles. The molecule has 0 rings (SSSR count). The van der Waals surface area contributed by atoms with E-state index < -0.39 is 66.4 Å². The zero-order valence-electron chi connectivity index (χ0n) is 20.1. The highest BCUT2D eigenvalue weighted by Gasteiger charge is 2.33. The van der Waals surface area contributed by atoms with Gasteiger partial charge in [0.2, 0.25) is 17.7 Å². The molecule has 0 bridgehead atoms. The molecule has 0 radical (unpaired) electrons. The first-order chi connectivity index (χ1) is 16.2. The molecular formula is C20H37N7O8. The number of carboxylic acids is 2. The highest BCUT2D eigenvalue weighted by molar-refractivity contribution is 5.95. The summed E-state index contributed by atoms with van der Waals surface area (Å²) >= 11 is 0. The van der Waals surface area contributed by atoms with E-state index in [-0.39, 0.29) is 31.3 Å². The molecule has 3 amide bonds. The zero-order chi connectivity index (χ0) is 27.3. The van der Waals surface area contributed by atoms with Crippen molar-refractivity contribution in [3.63, 3.8) is 0 Å². The van der Waals surface area contributed by atoms with E-state index in [1.54, 1.807) is 13.8 Å². The average Bonchev–Trinajstić information content (AvgIpc) is 2.76. The number of nitrogens with one attached hydrogen (secondary N) is 3. The molecule has 0 aromatic heterocycles. The Balaban J connectivity index is 5.42. The smallest absolute Gasteiger partial charge is 0.326 e. The van der Waals surface area contributed by atoms with Crippen LogP contribution < -0.4 is 33.2 Å². The average molecular weight is 504 g/mol. The Labute approximate surface area is 202 Å². The van der Waals surface area contributed by atoms with Gasteiger partial charge in [0.05, 0.1) is 18.6 Å². The van der Waals surface area contributed by atoms with Crippen LogP contribution in [0.3, 0.4) is 0 Å². The van der Waals surface area contributed by atoms with Crippen LogP contribution in [-0.4, -0.2) is 87.8 Å². The second-order valence-corrected chi connectivity index (χ2v) is 8.15. The van der Waals surface area contributed by atoms with E-state index in [4.69, 9.17) is 22.3 Å². The fraction of sp³-hybridized carbons (Fsp3) is 0.700. The summed E-state index contributed by atoms with van der Waals surface area (Å²) in [6.07, 6.45) is -1.58. The van der Waals surface area contributed by atoms with Gasteiger partial charge in [0.25, 0.3) is 0 Å². The van der Waals surface area contributed by atoms with Gasteiger partial charge in [0.1, 0.15) is 18.1 Å². The Kier molecular flexibility index (Phi) is 13.9. The molecule has 15 nitrogen and oxygen atoms in total. The minimum Gasteiger partial charge on any atom is -0.481 e. The number of aliphatic imine (C=N–C) groups is 1. The van der Waals surface area contributed by atoms with Gasteiger partial charge in [-0.05, 0) is 25.7 Å². The number of carbonyl (C=O) groups excluding carboxylic acids is 3. The van der Waals surface area contributed by atoms with Crippen molar-refractivity contribution in [2.75, 3.05) is 6.54 Å². The molecule has 0 aliphatic heterocycles. The van der Waals surface area contributed by atoms with E-state index in [0.29, 0.717) is 6.42 Å². The summed E-state index contributed by atoms with van der Waals surface area (Å²) in [5.74, 6) is -6.06. The van der Waals surface area contributed by atoms with Gasteiger partial charge in [-0.1, -0.05) is 20.3 Å². The lowest BCUT2D eigenvalue weighted by Gasteiger charge is -2.26. The van der Waals surface area contributed by atoms with Gasteiger partial charge in [0.15, 0.2) is 5.96 Å². The van der Waals surface area contributed by atoms with Crippen LogP contribution in [0.15, 0.2) is 4.99 Å². The number of carboxylic acid groups (broad SMARTS) is 2. The number of nitrogens with zero attached hydrogens (tertiary/aromatic N) is 1. The molecule has 0 aliphatic rings. The second-order valence-electron chi connectivity index (χ2n) is 8.15. The summed E-state index contributed by atoms with van der Waals surface area (Å²) in [7, 11) is 0. The number of hydrogen-bond acceptors (Lipinski definition) is 8. The Morgan fingerprint density at radius 2 is 1.49 bits per heavy atom. The number of carbonyl (C=O) groups is 5. The fourth-order valence-corrected chi connectivity index (χ4v) is 2.85. The van der Waals surface area contributed by atoms with Gasteiger partial charge >= 0.3 is 11.9 Å². The normalized spacial score (nSPS) is 15.9. The quantitative estimate of drug-likeness (QED) is 0.0574. The lowest BCUT2D eigenvalue weighted by atomic mass is 9.99. The minimum absolute atomic E-state index is 0.0521. The maximum absolute atomic E-state index is 12.7. The summed E-state index contributed by atoms with van der Waals surface area (Å²) in [4.78, 5) is 64.1. The number of aliphatic hydroxyl groups is 1. The molecule has 0 aliphatic carbocycles. The molecule has 0 aromatic carbocycles. The predicted molar refractivity (Wildman–Crippen MR) is 125 cm³/mol. The van der Waals surface area contributed by atoms with E-state index in [9.17, 15) is 34.2 Å². The van der Waals surface area contributed by atoms with Gasteiger partial charge in [-0.3, -0.25) is 24.2 Å². The molecule has 0 spiro atoms. The highest BCUT2D eigenvalue weighted by Crippen LogP contribution is 2.07. The number of aliphatic carboxylic acids is 2. The number of aliphatic hydroxyl groups excluding tert-OH is 1. The SMILES string of the molecule is CCC(C)C(N)C(=O)NC(CC(=O)O)C(=O)NC(C(=O)NC(CCCN=C(N)N)C(=O)O)C(C)O. The highest BCUT2D eigenvalue weighted by atomic mass is 16.4. The van der Waals surface area contributed by atoms with Crippen LogP contribution in [0.5, 0.6) is 0 Å². The van der Waals surface area contributed by atoms with Gasteiger partial charge in [0, 0.05) is 6.54 Å². The van der Waals surface area contributed by atoms with Gasteiger partial charge in [-0.2, -0.15) is 0 Å². The number of rotatable bonds is 16. The summed E-state index contributed by atoms with van der Waals surface area (Å²) < 4.78 is 0. The van der Waals surface area contributed by atoms with Gasteiger partial charge < -0.3 is 48.5 Å². The van der Waals surface area contributed by atoms with E-state index in [1.807, 2.05) is 0 Å². The maximum Gasteiger partial charge on any atom is 0.326 e. The van der Waals surface area contributed by atoms with Crippen LogP contribution in [-0.2, 0) is 24.0 Å². The number of amides is 3. The van der Waals surface area contributed by atoms with E-state index in [1.165, 1.54) is 6.92 Å². The Hall–Kier alpha value is -3.46. The van der Waals surface area contributed by atoms with E-state index >= 15 is 0 Å². The number of guanidine groups is 1. The first-order valence-electron chi connectivity index (χ1n) is 11.1. The van der Waals surface area contributed by atoms with Crippen LogP contribution in [0, 0.1) is 5.92 Å². The summed E-state index contributed by atoms with van der Waals surface area (Å²) in [5.41, 5.74) is 16.2. The van der Waals surface area contributed by atoms with Crippen LogP contribution in [0.2, 0.25) is 0 Å². The standard InChI is InChI=1S/C20H37N7O8/c1-4-9(2)14(21)17(32)26-12(8-13(29)30)16(31)27-15(10(3)28)18(33)25-11(19(34)35)6-5-7-24-20(22)23/h9-12,14-15,28H,4-8,21H2,1-3H3,(H,25,33)(H,26,32)(H,27,31)(H,29,30)(H,34,35)(H4,22,23,24). The molecule has 6 unspecified atom stereocenters. The van der Waals surface area contributed by atoms with Crippen molar-refractivity contribution < 1.29 is 39.3 Å². The second kappa shape index (κ2) is 15.4. The molecule has 200 valence electrons. The molecule has 12 N–H and O–H groups in total. The minimum atomic E-state index is -1.64. The van der Waals surface area contributed by atoms with E-state index in [0.717, 1.165) is 0 Å². The van der Waals surface area contributed by atoms with Crippen molar-refractivity contribution in [2.24, 2.45) is 28.1 Å². The van der Waals surface area contributed by atoms with Crippen molar-refractivity contribution in [2.45, 2.75) is 76.7 Å². The topological polar surface area (TPSA) is 273 Å². The predicted octanol–water partition coefficient (Wildman–Crippen LogP) is -3.19. The summed E-state index contributed by atoms with van der Waals surface area (Å²) in [5, 5.41) is 35.1. The lowest BCUT2D eigenvalue weighted by Crippen LogP contribution is -2.60. The lowest BCUT2D eigenvalue weighted by molar-refractivity contribution is -0.144. The first kappa shape index (κ1) is 31.5. The number of nitrogens with two attached hydrogens (primary N) is 3. The van der Waals surface area contributed by atoms with E-state index in [2.05, 4.69) is 20.9 Å². The molecule has 0 fully saturated rings. The molecule has 6 atom stereocenters. The van der Waals surface area contributed by atoms with Crippen molar-refractivity contribution in [1.82, 2.24) is 16.0 Å². The van der Waals surface area contributed by atoms with Crippen molar-refractivity contribution >= 4 is 35.6 Å². The van der Waals surface area contributed by atoms with Crippen LogP contribution in [0.25, 0.3) is 0 Å². The Morgan fingerprint density at radius 1 is 0.914 bits per heavy atom. The van der Waals surface area contributed by atoms with Crippen molar-refractivity contribution in [3.05, 3.63) is 0 Å². The van der Waals surface area contributed by atoms with Gasteiger partial charge in [-0.15, -0.1) is 0 Å².